The second-order valence-electron chi connectivity index (χ2n) is 8.08. The largest absolute Gasteiger partial charge is 0.507 e. The lowest BCUT2D eigenvalue weighted by molar-refractivity contribution is -0.151. The molecule has 8 heteroatoms. The van der Waals surface area contributed by atoms with Crippen molar-refractivity contribution in [3.05, 3.63) is 30.3 Å². The molecule has 2 bridgehead atoms. The Morgan fingerprint density at radius 2 is 1.82 bits per heavy atom. The third-order valence-electron chi connectivity index (χ3n) is 5.56. The average molecular weight is 383 g/mol. The molecule has 2 aromatic rings. The van der Waals surface area contributed by atoms with E-state index in [-0.39, 0.29) is 23.7 Å². The van der Waals surface area contributed by atoms with Gasteiger partial charge in [-0.05, 0) is 44.9 Å². The van der Waals surface area contributed by atoms with Gasteiger partial charge in [0.15, 0.2) is 5.82 Å². The highest BCUT2D eigenvalue weighted by Crippen LogP contribution is 2.37. The number of nitrogens with two attached hydrogens (primary N) is 1. The van der Waals surface area contributed by atoms with Crippen molar-refractivity contribution >= 4 is 17.4 Å². The summed E-state index contributed by atoms with van der Waals surface area (Å²) in [5.41, 5.74) is 6.63. The molecule has 2 aliphatic heterocycles. The van der Waals surface area contributed by atoms with Crippen LogP contribution < -0.4 is 10.6 Å². The van der Waals surface area contributed by atoms with Crippen molar-refractivity contribution in [1.29, 1.82) is 0 Å². The summed E-state index contributed by atoms with van der Waals surface area (Å²) in [6.07, 6.45) is 1.79. The Kier molecular flexibility index (Phi) is 4.38. The number of aromatic hydroxyl groups is 1. The number of nitrogens with zero attached hydrogens (tertiary/aromatic N) is 4. The van der Waals surface area contributed by atoms with E-state index in [0.717, 1.165) is 18.5 Å². The van der Waals surface area contributed by atoms with Gasteiger partial charge in [0.2, 0.25) is 0 Å². The summed E-state index contributed by atoms with van der Waals surface area (Å²) in [7, 11) is 0. The maximum Gasteiger partial charge on any atom is 0.254 e. The zero-order chi connectivity index (χ0) is 20.1. The van der Waals surface area contributed by atoms with Crippen LogP contribution in [0.5, 0.6) is 5.75 Å². The maximum absolute atomic E-state index is 12.6. The van der Waals surface area contributed by atoms with Crippen LogP contribution >= 0.6 is 0 Å². The normalized spacial score (nSPS) is 21.8. The topological polar surface area (TPSA) is 116 Å². The van der Waals surface area contributed by atoms with Gasteiger partial charge in [0.1, 0.15) is 11.4 Å². The number of carbonyl (C=O) groups is 1. The van der Waals surface area contributed by atoms with E-state index in [1.807, 2.05) is 17.0 Å². The second kappa shape index (κ2) is 6.63. The first kappa shape index (κ1) is 18.5. The van der Waals surface area contributed by atoms with Crippen LogP contribution in [0.25, 0.3) is 11.3 Å². The summed E-state index contributed by atoms with van der Waals surface area (Å²) >= 11 is 0. The fraction of sp³-hybridized carbons (Fsp3) is 0.450. The van der Waals surface area contributed by atoms with Crippen LogP contribution in [0.4, 0.5) is 11.5 Å². The standard InChI is InChI=1S/C20H25N5O3/c1-20(2,28)19(27)25-12-7-8-13(25)11-24(10-12)16-9-15(22-23-18(16)21)14-5-3-4-6-17(14)26/h3-6,9,12-13,26,28H,7-8,10-11H2,1-2H3,(H2,21,23). The Hall–Kier alpha value is -2.87. The third-order valence-corrected chi connectivity index (χ3v) is 5.56. The van der Waals surface area contributed by atoms with Crippen molar-refractivity contribution in [2.75, 3.05) is 23.7 Å². The fourth-order valence-electron chi connectivity index (χ4n) is 4.21. The van der Waals surface area contributed by atoms with E-state index in [9.17, 15) is 15.0 Å². The van der Waals surface area contributed by atoms with Crippen LogP contribution in [0, 0.1) is 0 Å². The molecule has 2 aliphatic rings. The van der Waals surface area contributed by atoms with Crippen molar-refractivity contribution in [2.45, 2.75) is 44.4 Å². The van der Waals surface area contributed by atoms with Gasteiger partial charge < -0.3 is 25.7 Å². The molecule has 1 aromatic carbocycles. The van der Waals surface area contributed by atoms with Crippen molar-refractivity contribution < 1.29 is 15.0 Å². The zero-order valence-electron chi connectivity index (χ0n) is 16.0. The molecule has 2 fully saturated rings. The number of phenolic OH excluding ortho intramolecular Hbond substituents is 1. The van der Waals surface area contributed by atoms with Crippen molar-refractivity contribution in [3.63, 3.8) is 0 Å². The highest BCUT2D eigenvalue weighted by molar-refractivity contribution is 5.85. The van der Waals surface area contributed by atoms with Gasteiger partial charge in [-0.15, -0.1) is 10.2 Å². The lowest BCUT2D eigenvalue weighted by Gasteiger charge is -2.44. The van der Waals surface area contributed by atoms with Crippen molar-refractivity contribution in [1.82, 2.24) is 15.1 Å². The Labute approximate surface area is 163 Å². The minimum atomic E-state index is -1.38. The lowest BCUT2D eigenvalue weighted by Crippen LogP contribution is -2.60. The number of amides is 1. The number of phenols is 1. The summed E-state index contributed by atoms with van der Waals surface area (Å²) in [6.45, 7) is 4.30. The predicted octanol–water partition coefficient (Wildman–Crippen LogP) is 1.38. The van der Waals surface area contributed by atoms with Gasteiger partial charge >= 0.3 is 0 Å². The molecule has 1 aromatic heterocycles. The van der Waals surface area contributed by atoms with Crippen molar-refractivity contribution in [2.24, 2.45) is 0 Å². The molecule has 0 spiro atoms. The number of benzene rings is 1. The summed E-state index contributed by atoms with van der Waals surface area (Å²) in [6, 6.07) is 8.86. The number of nitrogen functional groups attached to an aromatic ring is 1. The number of fused-ring (bicyclic) bond motifs is 2. The number of piperazine rings is 1. The Bertz CT molecular complexity index is 897. The molecule has 148 valence electrons. The molecule has 1 amide bonds. The van der Waals surface area contributed by atoms with E-state index >= 15 is 0 Å². The van der Waals surface area contributed by atoms with E-state index in [1.165, 1.54) is 13.8 Å². The van der Waals surface area contributed by atoms with Crippen LogP contribution in [-0.2, 0) is 4.79 Å². The zero-order valence-corrected chi connectivity index (χ0v) is 16.0. The molecule has 2 atom stereocenters. The van der Waals surface area contributed by atoms with Crippen LogP contribution in [0.1, 0.15) is 26.7 Å². The maximum atomic E-state index is 12.6. The molecule has 4 N–H and O–H groups in total. The summed E-state index contributed by atoms with van der Waals surface area (Å²) in [5.74, 6) is 0.226. The molecule has 28 heavy (non-hydrogen) atoms. The second-order valence-corrected chi connectivity index (χ2v) is 8.08. The lowest BCUT2D eigenvalue weighted by atomic mass is 10.0. The summed E-state index contributed by atoms with van der Waals surface area (Å²) in [5, 5.41) is 28.5. The van der Waals surface area contributed by atoms with Gasteiger partial charge in [-0.25, -0.2) is 0 Å². The van der Waals surface area contributed by atoms with Gasteiger partial charge in [-0.2, -0.15) is 0 Å². The minimum absolute atomic E-state index is 0.0267. The molecule has 4 rings (SSSR count). The first-order valence-electron chi connectivity index (χ1n) is 9.47. The van der Waals surface area contributed by atoms with E-state index < -0.39 is 5.60 Å². The van der Waals surface area contributed by atoms with Gasteiger partial charge in [-0.1, -0.05) is 12.1 Å². The van der Waals surface area contributed by atoms with Gasteiger partial charge in [0.05, 0.1) is 11.4 Å². The number of aliphatic hydroxyl groups is 1. The third kappa shape index (κ3) is 3.13. The quantitative estimate of drug-likeness (QED) is 0.733. The van der Waals surface area contributed by atoms with E-state index in [4.69, 9.17) is 5.73 Å². The Morgan fingerprint density at radius 1 is 1.18 bits per heavy atom. The van der Waals surface area contributed by atoms with Crippen LogP contribution in [0.3, 0.4) is 0 Å². The molecule has 3 heterocycles. The molecule has 0 aliphatic carbocycles. The molecule has 8 nitrogen and oxygen atoms in total. The SMILES string of the molecule is CC(C)(O)C(=O)N1C2CCC1CN(c1cc(-c3ccccc3O)nnc1N)C2. The van der Waals surface area contributed by atoms with Gasteiger partial charge in [0, 0.05) is 30.7 Å². The molecule has 2 unspecified atom stereocenters. The highest BCUT2D eigenvalue weighted by Gasteiger charge is 2.46. The van der Waals surface area contributed by atoms with Gasteiger partial charge in [0.25, 0.3) is 5.91 Å². The van der Waals surface area contributed by atoms with E-state index in [0.29, 0.717) is 30.2 Å². The highest BCUT2D eigenvalue weighted by atomic mass is 16.3. The van der Waals surface area contributed by atoms with E-state index in [1.54, 1.807) is 18.2 Å². The summed E-state index contributed by atoms with van der Waals surface area (Å²) < 4.78 is 0. The monoisotopic (exact) mass is 383 g/mol. The van der Waals surface area contributed by atoms with E-state index in [2.05, 4.69) is 15.1 Å². The smallest absolute Gasteiger partial charge is 0.254 e. The van der Waals surface area contributed by atoms with Gasteiger partial charge in [-0.3, -0.25) is 4.79 Å². The fourth-order valence-corrected chi connectivity index (χ4v) is 4.21. The number of para-hydroxylation sites is 1. The number of hydrogen-bond acceptors (Lipinski definition) is 7. The minimum Gasteiger partial charge on any atom is -0.507 e. The van der Waals surface area contributed by atoms with Crippen LogP contribution in [0.15, 0.2) is 30.3 Å². The van der Waals surface area contributed by atoms with Crippen molar-refractivity contribution in [3.8, 4) is 17.0 Å². The number of rotatable bonds is 3. The number of hydrogen-bond donors (Lipinski definition) is 3. The first-order chi connectivity index (χ1) is 13.3. The molecular formula is C20H25N5O3. The predicted molar refractivity (Wildman–Crippen MR) is 106 cm³/mol. The Balaban J connectivity index is 1.63. The molecule has 2 saturated heterocycles. The van der Waals surface area contributed by atoms with Crippen LogP contribution in [0.2, 0.25) is 0 Å². The molecule has 0 saturated carbocycles. The number of aromatic nitrogens is 2. The Morgan fingerprint density at radius 3 is 2.43 bits per heavy atom. The molecule has 0 radical (unpaired) electrons. The number of carbonyl (C=O) groups excluding carboxylic acids is 1. The average Bonchev–Trinajstić information content (AvgIpc) is 2.90. The number of anilines is 2. The van der Waals surface area contributed by atoms with Crippen LogP contribution in [-0.4, -0.2) is 62.0 Å². The molecular weight excluding hydrogens is 358 g/mol. The first-order valence-corrected chi connectivity index (χ1v) is 9.47. The summed E-state index contributed by atoms with van der Waals surface area (Å²) in [4.78, 5) is 16.6.